The fourth-order valence-electron chi connectivity index (χ4n) is 4.09. The van der Waals surface area contributed by atoms with Crippen molar-refractivity contribution in [2.24, 2.45) is 0 Å². The number of anilines is 1. The predicted molar refractivity (Wildman–Crippen MR) is 175 cm³/mol. The second-order valence-corrected chi connectivity index (χ2v) is 11.2. The molecule has 1 aromatic heterocycles. The van der Waals surface area contributed by atoms with Crippen LogP contribution >= 0.6 is 11.3 Å². The van der Waals surface area contributed by atoms with Crippen molar-refractivity contribution in [2.45, 2.75) is 52.6 Å². The molecule has 7 nitrogen and oxygen atoms in total. The third kappa shape index (κ3) is 10.5. The molecule has 0 radical (unpaired) electrons. The van der Waals surface area contributed by atoms with Crippen LogP contribution < -0.4 is 9.64 Å². The van der Waals surface area contributed by atoms with Crippen LogP contribution in [0.15, 0.2) is 71.0 Å². The summed E-state index contributed by atoms with van der Waals surface area (Å²) in [5, 5.41) is 27.7. The Labute approximate surface area is 272 Å². The molecule has 0 saturated carbocycles. The van der Waals surface area contributed by atoms with E-state index in [1.54, 1.807) is 31.2 Å². The minimum Gasteiger partial charge on any atom is -0.493 e. The number of unbranched alkanes of at least 4 members (excludes halogenated alkanes) is 2. The molecule has 0 spiro atoms. The van der Waals surface area contributed by atoms with Crippen molar-refractivity contribution in [3.05, 3.63) is 86.4 Å². The molecule has 0 N–H and O–H groups in total. The molecule has 0 saturated heterocycles. The molecular formula is C35H35F3N4O3S. The Morgan fingerprint density at radius 2 is 1.59 bits per heavy atom. The number of nitrogens with zero attached hydrogens (tertiary/aromatic N) is 4. The number of ether oxygens (including phenoxy) is 2. The normalized spacial score (nSPS) is 11.7. The van der Waals surface area contributed by atoms with Crippen molar-refractivity contribution < 1.29 is 27.4 Å². The molecular weight excluding hydrogens is 613 g/mol. The molecule has 0 fully saturated rings. The van der Waals surface area contributed by atoms with E-state index in [1.165, 1.54) is 35.6 Å². The molecule has 11 heteroatoms. The SMILES string of the molecule is C=C(C)C(=O)Oc1cc(N(CCCC)CCCC)ccc1/C=C/c1ccc(/C=C/C(=C(\C#N)C(OC)=C(C#N)C#N)C(F)(F)F)s1. The van der Waals surface area contributed by atoms with Crippen molar-refractivity contribution >= 4 is 41.2 Å². The van der Waals surface area contributed by atoms with Gasteiger partial charge in [-0.2, -0.15) is 29.0 Å². The number of hydrogen-bond donors (Lipinski definition) is 0. The summed E-state index contributed by atoms with van der Waals surface area (Å²) in [5.74, 6) is -0.957. The number of nitriles is 3. The van der Waals surface area contributed by atoms with Gasteiger partial charge in [0, 0.05) is 45.7 Å². The standard InChI is InChI=1S/C35H35F3N4O3S/c1-6-8-18-42(19-9-7-2)27-12-10-25(32(20-27)45-34(43)24(3)4)11-13-28-14-15-29(46-28)16-17-31(35(36,37)38)30(23-41)33(44-5)26(21-39)22-40/h10-17,20H,3,6-9,18-19H2,1-2,4-5H3/b13-11+,17-16+,31-30-. The summed E-state index contributed by atoms with van der Waals surface area (Å²) < 4.78 is 52.4. The maximum Gasteiger partial charge on any atom is 0.417 e. The Bertz CT molecular complexity index is 1640. The van der Waals surface area contributed by atoms with Gasteiger partial charge in [-0.3, -0.25) is 0 Å². The summed E-state index contributed by atoms with van der Waals surface area (Å²) in [7, 11) is 0.977. The lowest BCUT2D eigenvalue weighted by Gasteiger charge is -2.25. The van der Waals surface area contributed by atoms with Crippen LogP contribution in [0.2, 0.25) is 0 Å². The van der Waals surface area contributed by atoms with Crippen molar-refractivity contribution in [2.75, 3.05) is 25.1 Å². The van der Waals surface area contributed by atoms with Gasteiger partial charge in [0.1, 0.15) is 29.5 Å². The molecule has 2 rings (SSSR count). The molecule has 0 unspecified atom stereocenters. The lowest BCUT2D eigenvalue weighted by Crippen LogP contribution is -2.25. The monoisotopic (exact) mass is 648 g/mol. The number of carbonyl (C=O) groups is 1. The highest BCUT2D eigenvalue weighted by molar-refractivity contribution is 7.13. The number of halogens is 3. The summed E-state index contributed by atoms with van der Waals surface area (Å²) >= 11 is 1.18. The topological polar surface area (TPSA) is 110 Å². The van der Waals surface area contributed by atoms with Crippen molar-refractivity contribution in [3.63, 3.8) is 0 Å². The second kappa shape index (κ2) is 18.0. The Balaban J connectivity index is 2.49. The molecule has 1 heterocycles. The van der Waals surface area contributed by atoms with E-state index in [9.17, 15) is 23.2 Å². The molecule has 0 atom stereocenters. The van der Waals surface area contributed by atoms with Crippen LogP contribution in [0.25, 0.3) is 18.2 Å². The third-order valence-electron chi connectivity index (χ3n) is 6.53. The summed E-state index contributed by atoms with van der Waals surface area (Å²) in [5.41, 5.74) is -1.30. The predicted octanol–water partition coefficient (Wildman–Crippen LogP) is 9.15. The number of allylic oxidation sites excluding steroid dienone is 4. The first-order valence-electron chi connectivity index (χ1n) is 14.5. The molecule has 0 aliphatic heterocycles. The number of alkyl halides is 3. The molecule has 46 heavy (non-hydrogen) atoms. The largest absolute Gasteiger partial charge is 0.493 e. The van der Waals surface area contributed by atoms with Crippen LogP contribution in [0.5, 0.6) is 5.75 Å². The van der Waals surface area contributed by atoms with E-state index in [0.717, 1.165) is 51.6 Å². The zero-order valence-corrected chi connectivity index (χ0v) is 27.0. The van der Waals surface area contributed by atoms with E-state index in [2.05, 4.69) is 25.3 Å². The first-order chi connectivity index (χ1) is 21.9. The van der Waals surface area contributed by atoms with Gasteiger partial charge in [-0.05, 0) is 68.3 Å². The zero-order valence-electron chi connectivity index (χ0n) is 26.2. The van der Waals surface area contributed by atoms with E-state index in [4.69, 9.17) is 20.0 Å². The highest BCUT2D eigenvalue weighted by Crippen LogP contribution is 2.34. The van der Waals surface area contributed by atoms with Crippen molar-refractivity contribution in [1.29, 1.82) is 15.8 Å². The molecule has 2 aromatic rings. The van der Waals surface area contributed by atoms with Gasteiger partial charge in [0.25, 0.3) is 0 Å². The zero-order chi connectivity index (χ0) is 34.3. The number of rotatable bonds is 15. The van der Waals surface area contributed by atoms with Crippen LogP contribution in [0, 0.1) is 34.0 Å². The van der Waals surface area contributed by atoms with Crippen LogP contribution in [-0.2, 0) is 9.53 Å². The van der Waals surface area contributed by atoms with Crippen LogP contribution in [0.3, 0.4) is 0 Å². The Kier molecular flexibility index (Phi) is 14.6. The minimum atomic E-state index is -4.98. The fraction of sp³-hybridized carbons (Fsp3) is 0.314. The summed E-state index contributed by atoms with van der Waals surface area (Å²) in [6, 6.07) is 13.3. The lowest BCUT2D eigenvalue weighted by atomic mass is 10.0. The lowest BCUT2D eigenvalue weighted by molar-refractivity contribution is -0.130. The average Bonchev–Trinajstić information content (AvgIpc) is 3.48. The Morgan fingerprint density at radius 1 is 0.978 bits per heavy atom. The van der Waals surface area contributed by atoms with Gasteiger partial charge in [-0.25, -0.2) is 4.79 Å². The highest BCUT2D eigenvalue weighted by Gasteiger charge is 2.37. The summed E-state index contributed by atoms with van der Waals surface area (Å²) in [4.78, 5) is 15.9. The van der Waals surface area contributed by atoms with Crippen LogP contribution in [-0.4, -0.2) is 32.3 Å². The molecule has 0 bridgehead atoms. The van der Waals surface area contributed by atoms with E-state index in [0.29, 0.717) is 27.1 Å². The maximum absolute atomic E-state index is 14.0. The van der Waals surface area contributed by atoms with Gasteiger partial charge in [0.05, 0.1) is 12.7 Å². The number of hydrogen-bond acceptors (Lipinski definition) is 8. The Morgan fingerprint density at radius 3 is 2.09 bits per heavy atom. The van der Waals surface area contributed by atoms with Crippen LogP contribution in [0.1, 0.15) is 61.8 Å². The smallest absolute Gasteiger partial charge is 0.417 e. The van der Waals surface area contributed by atoms with Gasteiger partial charge in [-0.15, -0.1) is 11.3 Å². The van der Waals surface area contributed by atoms with Gasteiger partial charge in [0.15, 0.2) is 11.3 Å². The van der Waals surface area contributed by atoms with E-state index < -0.39 is 34.6 Å². The average molecular weight is 649 g/mol. The van der Waals surface area contributed by atoms with Crippen molar-refractivity contribution in [3.8, 4) is 24.0 Å². The maximum atomic E-state index is 14.0. The van der Waals surface area contributed by atoms with Gasteiger partial charge < -0.3 is 14.4 Å². The van der Waals surface area contributed by atoms with Gasteiger partial charge in [-0.1, -0.05) is 33.3 Å². The molecule has 0 aliphatic rings. The number of carbonyl (C=O) groups excluding carboxylic acids is 1. The van der Waals surface area contributed by atoms with E-state index in [-0.39, 0.29) is 5.57 Å². The fourth-order valence-corrected chi connectivity index (χ4v) is 4.91. The first-order valence-corrected chi connectivity index (χ1v) is 15.3. The first kappa shape index (κ1) is 37.1. The molecule has 0 amide bonds. The molecule has 1 aromatic carbocycles. The van der Waals surface area contributed by atoms with Gasteiger partial charge >= 0.3 is 12.1 Å². The number of esters is 1. The molecule has 0 aliphatic carbocycles. The van der Waals surface area contributed by atoms with Crippen LogP contribution in [0.4, 0.5) is 18.9 Å². The quantitative estimate of drug-likeness (QED) is 0.0473. The number of benzene rings is 1. The number of methoxy groups -OCH3 is 1. The second-order valence-electron chi connectivity index (χ2n) is 10.0. The van der Waals surface area contributed by atoms with Crippen molar-refractivity contribution in [1.82, 2.24) is 0 Å². The Hall–Kier alpha value is -5.05. The number of thiophene rings is 1. The molecule has 240 valence electrons. The van der Waals surface area contributed by atoms with E-state index in [1.807, 2.05) is 18.2 Å². The van der Waals surface area contributed by atoms with E-state index >= 15 is 0 Å². The van der Waals surface area contributed by atoms with Gasteiger partial charge in [0.2, 0.25) is 0 Å². The summed E-state index contributed by atoms with van der Waals surface area (Å²) in [6.07, 6.45) is 4.54. The minimum absolute atomic E-state index is 0.250. The summed E-state index contributed by atoms with van der Waals surface area (Å²) in [6.45, 7) is 11.2. The highest BCUT2D eigenvalue weighted by atomic mass is 32.1. The third-order valence-corrected chi connectivity index (χ3v) is 7.55.